The van der Waals surface area contributed by atoms with Crippen LogP contribution in [0.1, 0.15) is 19.4 Å². The number of rotatable bonds is 2. The average Bonchev–Trinajstić information content (AvgIpc) is 2.41. The number of hydrogen-bond donors (Lipinski definition) is 2. The molecule has 0 unspecified atom stereocenters. The topological polar surface area (TPSA) is 65.1 Å². The van der Waals surface area contributed by atoms with Crippen LogP contribution < -0.4 is 10.6 Å². The van der Waals surface area contributed by atoms with Crippen LogP contribution in [-0.4, -0.2) is 48.2 Å². The molecule has 110 valence electrons. The fourth-order valence-corrected chi connectivity index (χ4v) is 2.65. The van der Waals surface area contributed by atoms with Crippen LogP contribution in [-0.2, 0) is 0 Å². The maximum Gasteiger partial charge on any atom is 0.172 e. The van der Waals surface area contributed by atoms with E-state index in [0.29, 0.717) is 10.6 Å². The minimum atomic E-state index is 0.0585. The second-order valence-electron chi connectivity index (χ2n) is 5.80. The van der Waals surface area contributed by atoms with Crippen molar-refractivity contribution in [2.45, 2.75) is 19.4 Å². The molecule has 1 aliphatic heterocycles. The van der Waals surface area contributed by atoms with Gasteiger partial charge in [-0.05, 0) is 39.1 Å². The number of oxime groups is 1. The highest BCUT2D eigenvalue weighted by atomic mass is 35.5. The molecule has 0 amide bonds. The van der Waals surface area contributed by atoms with Gasteiger partial charge in [0.1, 0.15) is 0 Å². The number of anilines is 1. The van der Waals surface area contributed by atoms with E-state index in [1.165, 1.54) is 0 Å². The number of nitrogens with two attached hydrogens (primary N) is 1. The van der Waals surface area contributed by atoms with Gasteiger partial charge in [-0.1, -0.05) is 16.8 Å². The maximum atomic E-state index is 8.93. The van der Waals surface area contributed by atoms with Crippen molar-refractivity contribution in [3.05, 3.63) is 28.8 Å². The lowest BCUT2D eigenvalue weighted by molar-refractivity contribution is 0.139. The van der Waals surface area contributed by atoms with E-state index in [-0.39, 0.29) is 11.4 Å². The maximum absolute atomic E-state index is 8.93. The molecule has 0 spiro atoms. The molecule has 0 bridgehead atoms. The van der Waals surface area contributed by atoms with Crippen molar-refractivity contribution in [1.29, 1.82) is 0 Å². The highest BCUT2D eigenvalue weighted by Gasteiger charge is 2.32. The summed E-state index contributed by atoms with van der Waals surface area (Å²) >= 11 is 6.10. The molecule has 1 aromatic carbocycles. The van der Waals surface area contributed by atoms with Gasteiger partial charge in [-0.15, -0.1) is 0 Å². The average molecular weight is 297 g/mol. The Hall–Kier alpha value is -1.46. The zero-order valence-corrected chi connectivity index (χ0v) is 12.9. The van der Waals surface area contributed by atoms with Crippen molar-refractivity contribution in [2.75, 3.05) is 31.6 Å². The molecule has 1 heterocycles. The van der Waals surface area contributed by atoms with Gasteiger partial charge in [0.15, 0.2) is 5.84 Å². The van der Waals surface area contributed by atoms with Crippen LogP contribution in [0.5, 0.6) is 0 Å². The molecular weight excluding hydrogens is 276 g/mol. The minimum Gasteiger partial charge on any atom is -0.409 e. The van der Waals surface area contributed by atoms with Crippen LogP contribution in [0, 0.1) is 0 Å². The Balaban J connectivity index is 2.39. The summed E-state index contributed by atoms with van der Waals surface area (Å²) in [6.07, 6.45) is 0. The third-order valence-corrected chi connectivity index (χ3v) is 4.24. The lowest BCUT2D eigenvalue weighted by Crippen LogP contribution is -2.58. The second-order valence-corrected chi connectivity index (χ2v) is 6.24. The fraction of sp³-hybridized carbons (Fsp3) is 0.500. The Morgan fingerprint density at radius 2 is 2.10 bits per heavy atom. The molecule has 5 nitrogen and oxygen atoms in total. The molecule has 0 atom stereocenters. The van der Waals surface area contributed by atoms with Gasteiger partial charge < -0.3 is 15.8 Å². The number of halogens is 1. The first-order valence-corrected chi connectivity index (χ1v) is 6.96. The molecular formula is C14H21ClN4O. The van der Waals surface area contributed by atoms with Gasteiger partial charge in [0.2, 0.25) is 0 Å². The zero-order valence-electron chi connectivity index (χ0n) is 12.1. The fourth-order valence-electron chi connectivity index (χ4n) is 2.48. The smallest absolute Gasteiger partial charge is 0.172 e. The summed E-state index contributed by atoms with van der Waals surface area (Å²) in [7, 11) is 2.12. The predicted octanol–water partition coefficient (Wildman–Crippen LogP) is 1.96. The van der Waals surface area contributed by atoms with E-state index in [0.717, 1.165) is 25.3 Å². The number of piperazine rings is 1. The molecule has 3 N–H and O–H groups in total. The molecule has 1 fully saturated rings. The van der Waals surface area contributed by atoms with E-state index in [2.05, 4.69) is 35.9 Å². The van der Waals surface area contributed by atoms with Crippen LogP contribution in [0.15, 0.2) is 23.4 Å². The summed E-state index contributed by atoms with van der Waals surface area (Å²) < 4.78 is 0. The summed E-state index contributed by atoms with van der Waals surface area (Å²) in [6, 6.07) is 5.41. The normalized spacial score (nSPS) is 20.2. The van der Waals surface area contributed by atoms with Gasteiger partial charge in [-0.3, -0.25) is 4.90 Å². The third-order valence-electron chi connectivity index (χ3n) is 4.00. The molecule has 0 aromatic heterocycles. The lowest BCUT2D eigenvalue weighted by atomic mass is 9.98. The van der Waals surface area contributed by atoms with Gasteiger partial charge in [-0.25, -0.2) is 0 Å². The van der Waals surface area contributed by atoms with E-state index in [1.54, 1.807) is 12.1 Å². The summed E-state index contributed by atoms with van der Waals surface area (Å²) in [5, 5.41) is 12.7. The first-order chi connectivity index (χ1) is 9.35. The summed E-state index contributed by atoms with van der Waals surface area (Å²) in [5.74, 6) is 0.105. The minimum absolute atomic E-state index is 0.0585. The summed E-state index contributed by atoms with van der Waals surface area (Å²) in [5.41, 5.74) is 7.44. The molecule has 1 saturated heterocycles. The predicted molar refractivity (Wildman–Crippen MR) is 82.9 cm³/mol. The van der Waals surface area contributed by atoms with Crippen LogP contribution in [0.25, 0.3) is 0 Å². The SMILES string of the molecule is CN1CCN(c2cc(Cl)ccc2C(N)=NO)CC1(C)C. The van der Waals surface area contributed by atoms with Gasteiger partial charge in [0, 0.05) is 41.4 Å². The first kappa shape index (κ1) is 14.9. The Labute approximate surface area is 124 Å². The monoisotopic (exact) mass is 296 g/mol. The second kappa shape index (κ2) is 5.50. The van der Waals surface area contributed by atoms with E-state index < -0.39 is 0 Å². The Kier molecular flexibility index (Phi) is 4.11. The van der Waals surface area contributed by atoms with Gasteiger partial charge >= 0.3 is 0 Å². The molecule has 1 aliphatic rings. The van der Waals surface area contributed by atoms with Crippen LogP contribution in [0.3, 0.4) is 0 Å². The first-order valence-electron chi connectivity index (χ1n) is 6.59. The van der Waals surface area contributed by atoms with Crippen LogP contribution in [0.2, 0.25) is 5.02 Å². The van der Waals surface area contributed by atoms with Crippen molar-refractivity contribution in [2.24, 2.45) is 10.9 Å². The molecule has 20 heavy (non-hydrogen) atoms. The Morgan fingerprint density at radius 3 is 2.70 bits per heavy atom. The molecule has 6 heteroatoms. The number of hydrogen-bond acceptors (Lipinski definition) is 4. The highest BCUT2D eigenvalue weighted by Crippen LogP contribution is 2.29. The zero-order chi connectivity index (χ0) is 14.9. The Bertz CT molecular complexity index is 530. The molecule has 0 saturated carbocycles. The highest BCUT2D eigenvalue weighted by molar-refractivity contribution is 6.31. The van der Waals surface area contributed by atoms with E-state index in [9.17, 15) is 0 Å². The summed E-state index contributed by atoms with van der Waals surface area (Å²) in [4.78, 5) is 4.57. The molecule has 0 aliphatic carbocycles. The molecule has 0 radical (unpaired) electrons. The van der Waals surface area contributed by atoms with Crippen molar-refractivity contribution >= 4 is 23.1 Å². The summed E-state index contributed by atoms with van der Waals surface area (Å²) in [6.45, 7) is 7.09. The van der Waals surface area contributed by atoms with Crippen molar-refractivity contribution in [1.82, 2.24) is 4.90 Å². The molecule has 2 rings (SSSR count). The standard InChI is InChI=1S/C14H21ClN4O/c1-14(2)9-19(7-6-18(14)3)12-8-10(15)4-5-11(12)13(16)17-20/h4-5,8,20H,6-7,9H2,1-3H3,(H2,16,17). The van der Waals surface area contributed by atoms with E-state index >= 15 is 0 Å². The van der Waals surface area contributed by atoms with Gasteiger partial charge in [-0.2, -0.15) is 0 Å². The van der Waals surface area contributed by atoms with Crippen molar-refractivity contribution in [3.8, 4) is 0 Å². The van der Waals surface area contributed by atoms with Gasteiger partial charge in [0.25, 0.3) is 0 Å². The van der Waals surface area contributed by atoms with E-state index in [4.69, 9.17) is 22.5 Å². The number of benzene rings is 1. The number of amidine groups is 1. The van der Waals surface area contributed by atoms with E-state index in [1.807, 2.05) is 6.07 Å². The molecule has 1 aromatic rings. The quantitative estimate of drug-likeness (QED) is 0.379. The lowest BCUT2D eigenvalue weighted by Gasteiger charge is -2.46. The van der Waals surface area contributed by atoms with Gasteiger partial charge in [0.05, 0.1) is 0 Å². The third kappa shape index (κ3) is 2.83. The largest absolute Gasteiger partial charge is 0.409 e. The van der Waals surface area contributed by atoms with Crippen LogP contribution >= 0.6 is 11.6 Å². The Morgan fingerprint density at radius 1 is 1.40 bits per heavy atom. The van der Waals surface area contributed by atoms with Crippen molar-refractivity contribution in [3.63, 3.8) is 0 Å². The number of likely N-dealkylation sites (N-methyl/N-ethyl adjacent to an activating group) is 1. The van der Waals surface area contributed by atoms with Crippen molar-refractivity contribution < 1.29 is 5.21 Å². The van der Waals surface area contributed by atoms with Crippen LogP contribution in [0.4, 0.5) is 5.69 Å². The number of nitrogens with zero attached hydrogens (tertiary/aromatic N) is 3.